The number of anilines is 2. The number of carboxylic acid groups (broad SMARTS) is 1. The molecular weight excluding hydrogens is 1150 g/mol. The summed E-state index contributed by atoms with van der Waals surface area (Å²) in [4.78, 5) is 87.9. The molecule has 0 spiro atoms. The van der Waals surface area contributed by atoms with Crippen LogP contribution >= 0.6 is 0 Å². The molecule has 0 saturated carbocycles. The van der Waals surface area contributed by atoms with Crippen LogP contribution in [-0.2, 0) is 66.3 Å². The average Bonchev–Trinajstić information content (AvgIpc) is 3.12. The summed E-state index contributed by atoms with van der Waals surface area (Å²) in [5.74, 6) is 1.25. The summed E-state index contributed by atoms with van der Waals surface area (Å²) in [6.45, 7) is 23.4. The first-order valence-electron chi connectivity index (χ1n) is 29.7. The molecule has 25 heteroatoms. The summed E-state index contributed by atoms with van der Waals surface area (Å²) in [6.07, 6.45) is 13.3. The Balaban J connectivity index is 0.000000425. The fraction of sp³-hybridized carbons (Fsp3) is 0.609. The van der Waals surface area contributed by atoms with E-state index in [1.54, 1.807) is 20.3 Å². The maximum Gasteiger partial charge on any atom is 1.00 e. The summed E-state index contributed by atoms with van der Waals surface area (Å²) in [6, 6.07) is 14.9. The Bertz CT molecular complexity index is 2840. The van der Waals surface area contributed by atoms with Crippen molar-refractivity contribution in [1.82, 2.24) is 40.0 Å². The molecule has 4 saturated heterocycles. The molecular formula is C64H99BN10NaO13. The van der Waals surface area contributed by atoms with Gasteiger partial charge in [0.1, 0.15) is 42.6 Å². The van der Waals surface area contributed by atoms with Gasteiger partial charge in [-0.15, -0.1) is 0 Å². The Morgan fingerprint density at radius 1 is 0.640 bits per heavy atom. The van der Waals surface area contributed by atoms with Gasteiger partial charge < -0.3 is 61.7 Å². The van der Waals surface area contributed by atoms with Crippen LogP contribution in [0.5, 0.6) is 23.5 Å². The molecule has 2 N–H and O–H groups in total. The standard InChI is InChI=1S/C27H39N5O2.C18H29N5O.C9H10O2.C4H6O4.C2H3BO2.C2H4O2.2CH4.Na/c1-19-10-11-23(33-4)14-21(19)15-31-16-24-25(17-31)28-27(34-18-22-9-7-12-30(22)3)29-26(24)32-13-6-5-8-20(32)2;1-13-6-3-4-9-23(13)17-15-10-19-11-16(15)20-18(21-17)24-12-14-7-5-8-22(14)2;1-7-3-4-9(11-2)5-8(7)6-10;1-3(5)7-8-4(2)6;1-2(4)5-3;1-2(3)4;;;/h10-11,14,20,22H,5-9,12-13,15-18H2,1-4H3;13-14,19H,3-12H2,1-2H3;3-6H,1-2H3;1-2H3;1H3;1H3,(H,3,4);2*1H4;/q;;;;-1;;;;+1/t20-,22-;13-,14-;;;;;;;/m00......./s1. The summed E-state index contributed by atoms with van der Waals surface area (Å²) in [5.41, 5.74) is 9.04. The Morgan fingerprint density at radius 3 is 1.55 bits per heavy atom. The Kier molecular flexibility index (Phi) is 36.0. The van der Waals surface area contributed by atoms with Crippen molar-refractivity contribution in [3.63, 3.8) is 0 Å². The third-order valence-corrected chi connectivity index (χ3v) is 15.8. The average molecular weight is 1250 g/mol. The second-order valence-corrected chi connectivity index (χ2v) is 22.4. The fourth-order valence-electron chi connectivity index (χ4n) is 10.8. The molecule has 89 heavy (non-hydrogen) atoms. The molecule has 2 aromatic carbocycles. The van der Waals surface area contributed by atoms with Crippen LogP contribution in [0.1, 0.15) is 170 Å². The van der Waals surface area contributed by atoms with Crippen LogP contribution in [0, 0.1) is 13.8 Å². The first kappa shape index (κ1) is 78.9. The molecule has 6 aliphatic heterocycles. The number of carboxylic acids is 1. The van der Waals surface area contributed by atoms with Gasteiger partial charge in [-0.2, -0.15) is 19.9 Å². The predicted octanol–water partition coefficient (Wildman–Crippen LogP) is 5.94. The number of hydrogen-bond donors (Lipinski definition) is 2. The molecule has 3 radical (unpaired) electrons. The number of benzene rings is 2. The molecule has 4 aromatic rings. The van der Waals surface area contributed by atoms with E-state index < -0.39 is 23.9 Å². The first-order chi connectivity index (χ1) is 41.1. The monoisotopic (exact) mass is 1250 g/mol. The largest absolute Gasteiger partial charge is 1.00 e. The summed E-state index contributed by atoms with van der Waals surface area (Å²) >= 11 is 0. The van der Waals surface area contributed by atoms with E-state index in [0.29, 0.717) is 55.0 Å². The van der Waals surface area contributed by atoms with Crippen molar-refractivity contribution in [3.05, 3.63) is 81.2 Å². The van der Waals surface area contributed by atoms with Crippen molar-refractivity contribution in [1.29, 1.82) is 0 Å². The molecule has 487 valence electrons. The van der Waals surface area contributed by atoms with Gasteiger partial charge in [0.05, 0.1) is 25.6 Å². The van der Waals surface area contributed by atoms with Crippen LogP contribution in [0.4, 0.5) is 11.6 Å². The minimum Gasteiger partial charge on any atom is -0.793 e. The number of hydrogen-bond acceptors (Lipinski definition) is 22. The second kappa shape index (κ2) is 40.6. The zero-order valence-electron chi connectivity index (χ0n) is 53.6. The fourth-order valence-corrected chi connectivity index (χ4v) is 10.8. The van der Waals surface area contributed by atoms with Crippen LogP contribution in [0.3, 0.4) is 0 Å². The molecule has 8 heterocycles. The summed E-state index contributed by atoms with van der Waals surface area (Å²) < 4.78 is 26.3. The zero-order valence-corrected chi connectivity index (χ0v) is 55.6. The number of aldehydes is 1. The quantitative estimate of drug-likeness (QED) is 0.0680. The molecule has 0 aliphatic carbocycles. The number of ether oxygens (including phenoxy) is 4. The molecule has 2 aromatic heterocycles. The van der Waals surface area contributed by atoms with Crippen LogP contribution in [0.25, 0.3) is 0 Å². The summed E-state index contributed by atoms with van der Waals surface area (Å²) in [7, 11) is 12.0. The number of carbonyl (C=O) groups excluding carboxylic acids is 4. The van der Waals surface area contributed by atoms with Gasteiger partial charge in [0.15, 0.2) is 0 Å². The van der Waals surface area contributed by atoms with Gasteiger partial charge in [-0.25, -0.2) is 19.4 Å². The number of carbonyl (C=O) groups is 5. The van der Waals surface area contributed by atoms with Crippen molar-refractivity contribution in [2.24, 2.45) is 0 Å². The van der Waals surface area contributed by atoms with Gasteiger partial charge in [0.2, 0.25) is 5.97 Å². The Morgan fingerprint density at radius 2 is 1.11 bits per heavy atom. The van der Waals surface area contributed by atoms with E-state index >= 15 is 0 Å². The van der Waals surface area contributed by atoms with Crippen molar-refractivity contribution in [3.8, 4) is 23.5 Å². The molecule has 10 rings (SSSR count). The van der Waals surface area contributed by atoms with E-state index in [1.807, 2.05) is 25.1 Å². The van der Waals surface area contributed by atoms with Gasteiger partial charge in [-0.05, 0) is 160 Å². The summed E-state index contributed by atoms with van der Waals surface area (Å²) in [5, 5.41) is 10.8. The number of methoxy groups -OCH3 is 2. The van der Waals surface area contributed by atoms with Gasteiger partial charge in [-0.1, -0.05) is 27.0 Å². The zero-order chi connectivity index (χ0) is 62.9. The van der Waals surface area contributed by atoms with Gasteiger partial charge in [0, 0.05) is 114 Å². The molecule has 0 bridgehead atoms. The van der Waals surface area contributed by atoms with E-state index in [1.165, 1.54) is 99.9 Å². The third kappa shape index (κ3) is 25.6. The number of piperidine rings is 2. The van der Waals surface area contributed by atoms with Crippen molar-refractivity contribution < 1.29 is 92.0 Å². The number of nitrogens with one attached hydrogen (secondary N) is 1. The van der Waals surface area contributed by atoms with E-state index in [4.69, 9.17) is 43.8 Å². The number of aromatic nitrogens is 4. The van der Waals surface area contributed by atoms with E-state index in [-0.39, 0.29) is 44.4 Å². The maximum atomic E-state index is 10.4. The van der Waals surface area contributed by atoms with Crippen LogP contribution in [0.15, 0.2) is 36.4 Å². The smallest absolute Gasteiger partial charge is 0.793 e. The predicted molar refractivity (Wildman–Crippen MR) is 340 cm³/mol. The Hall–Kier alpha value is -6.15. The number of likely N-dealkylation sites (N-methyl/N-ethyl adjacent to an activating group) is 2. The van der Waals surface area contributed by atoms with Crippen molar-refractivity contribution in [2.75, 3.05) is 77.5 Å². The number of rotatable bonds is 13. The van der Waals surface area contributed by atoms with Crippen LogP contribution < -0.4 is 63.6 Å². The molecule has 0 unspecified atom stereocenters. The number of nitrogens with zero attached hydrogens (tertiary/aromatic N) is 9. The SMILES string of the molecule is C.C.CC(=O)O.CC(=O)OOC(C)=O.COc1ccc(C)c(C=O)c1.COc1ccc(C)c(CN2Cc3nc(OC[C@@H]4CCCN4C)nc(N4CCCC[C@@H]4C)c3C2)c1.C[C@H]1CCCCN1c1nc(OC[C@@H]2CCCN2C)nc2c1CNC2.[B-]OC(C)=O.[Na+]. The van der Waals surface area contributed by atoms with E-state index in [0.717, 1.165) is 120 Å². The minimum atomic E-state index is -0.833. The normalized spacial score (nSPS) is 18.8. The van der Waals surface area contributed by atoms with Crippen LogP contribution in [0.2, 0.25) is 0 Å². The number of aliphatic carboxylic acids is 1. The molecule has 23 nitrogen and oxygen atoms in total. The van der Waals surface area contributed by atoms with E-state index in [9.17, 15) is 19.2 Å². The van der Waals surface area contributed by atoms with Crippen LogP contribution in [-0.4, -0.2) is 170 Å². The number of aryl methyl sites for hydroxylation is 2. The molecule has 6 aliphatic rings. The minimum absolute atomic E-state index is 0. The van der Waals surface area contributed by atoms with Gasteiger partial charge in [0.25, 0.3) is 5.97 Å². The third-order valence-electron chi connectivity index (χ3n) is 15.8. The molecule has 4 fully saturated rings. The second-order valence-electron chi connectivity index (χ2n) is 22.4. The molecule has 0 amide bonds. The van der Waals surface area contributed by atoms with E-state index in [2.05, 4.69) is 104 Å². The first-order valence-corrected chi connectivity index (χ1v) is 29.7. The van der Waals surface area contributed by atoms with Crippen molar-refractivity contribution in [2.45, 2.75) is 191 Å². The topological polar surface area (TPSA) is 250 Å². The molecule has 4 atom stereocenters. The maximum absolute atomic E-state index is 10.4. The number of likely N-dealkylation sites (tertiary alicyclic amines) is 2. The van der Waals surface area contributed by atoms with Gasteiger partial charge in [-0.3, -0.25) is 19.3 Å². The number of fused-ring (bicyclic) bond motifs is 2. The Labute approximate surface area is 552 Å². The van der Waals surface area contributed by atoms with Gasteiger partial charge >= 0.3 is 53.5 Å². The van der Waals surface area contributed by atoms with Crippen molar-refractivity contribution >= 4 is 49.8 Å².